The Kier molecular flexibility index (Phi) is 4.81. The van der Waals surface area contributed by atoms with Gasteiger partial charge in [-0.3, -0.25) is 4.79 Å². The van der Waals surface area contributed by atoms with E-state index >= 15 is 0 Å². The van der Waals surface area contributed by atoms with Crippen molar-refractivity contribution in [1.29, 1.82) is 0 Å². The van der Waals surface area contributed by atoms with Crippen LogP contribution in [-0.4, -0.2) is 23.1 Å². The molecule has 4 aromatic rings. The van der Waals surface area contributed by atoms with Crippen LogP contribution in [0.2, 0.25) is 0 Å². The number of halogens is 3. The molecule has 0 spiro atoms. The van der Waals surface area contributed by atoms with E-state index < -0.39 is 29.3 Å². The highest BCUT2D eigenvalue weighted by molar-refractivity contribution is 7.21. The summed E-state index contributed by atoms with van der Waals surface area (Å²) in [6, 6.07) is 7.14. The van der Waals surface area contributed by atoms with E-state index in [9.17, 15) is 23.1 Å². The number of anilines is 1. The number of rotatable bonds is 4. The molecule has 0 atom stereocenters. The fourth-order valence-corrected chi connectivity index (χ4v) is 4.18. The summed E-state index contributed by atoms with van der Waals surface area (Å²) in [5.41, 5.74) is 5.01. The lowest BCUT2D eigenvalue weighted by atomic mass is 10.1. The van der Waals surface area contributed by atoms with Gasteiger partial charge in [0.2, 0.25) is 5.69 Å². The van der Waals surface area contributed by atoms with E-state index in [-0.39, 0.29) is 26.3 Å². The van der Waals surface area contributed by atoms with Gasteiger partial charge in [-0.2, -0.15) is 13.2 Å². The quantitative estimate of drug-likeness (QED) is 0.375. The minimum Gasteiger partial charge on any atom is -0.539 e. The van der Waals surface area contributed by atoms with Gasteiger partial charge in [0.15, 0.2) is 5.95 Å². The highest BCUT2D eigenvalue weighted by Crippen LogP contribution is 2.39. The van der Waals surface area contributed by atoms with Gasteiger partial charge in [0.1, 0.15) is 21.2 Å². The van der Waals surface area contributed by atoms with Crippen LogP contribution in [0.5, 0.6) is 11.7 Å². The van der Waals surface area contributed by atoms with Crippen LogP contribution in [0.4, 0.5) is 18.9 Å². The summed E-state index contributed by atoms with van der Waals surface area (Å²) in [6.45, 7) is 1.44. The molecule has 12 heteroatoms. The van der Waals surface area contributed by atoms with E-state index in [1.165, 1.54) is 14.0 Å². The van der Waals surface area contributed by atoms with Crippen molar-refractivity contribution in [3.05, 3.63) is 52.2 Å². The first-order valence-electron chi connectivity index (χ1n) is 8.66. The Morgan fingerprint density at radius 1 is 1.29 bits per heavy atom. The molecule has 0 radical (unpaired) electrons. The first-order chi connectivity index (χ1) is 14.6. The molecule has 31 heavy (non-hydrogen) atoms. The molecule has 3 heterocycles. The minimum absolute atomic E-state index is 0.0620. The molecule has 0 aliphatic carbocycles. The highest BCUT2D eigenvalue weighted by atomic mass is 32.1. The average molecular weight is 450 g/mol. The molecule has 0 amide bonds. The molecule has 0 unspecified atom stereocenters. The Hall–Kier alpha value is -3.67. The Balaban J connectivity index is 1.85. The van der Waals surface area contributed by atoms with Gasteiger partial charge in [-0.1, -0.05) is 0 Å². The molecule has 0 bridgehead atoms. The number of ketones is 1. The number of aryl methyl sites for hydroxylation is 1. The summed E-state index contributed by atoms with van der Waals surface area (Å²) < 4.78 is 50.0. The largest absolute Gasteiger partial charge is 0.539 e. The maximum absolute atomic E-state index is 13.2. The van der Waals surface area contributed by atoms with Crippen molar-refractivity contribution in [2.24, 2.45) is 0 Å². The molecule has 8 nitrogen and oxygen atoms in total. The molecule has 0 aliphatic heterocycles. The number of hydrogen-bond donors (Lipinski definition) is 1. The van der Waals surface area contributed by atoms with Crippen molar-refractivity contribution in [1.82, 2.24) is 10.3 Å². The number of carbonyl (C=O) groups excluding carboxylic acids is 1. The predicted molar refractivity (Wildman–Crippen MR) is 101 cm³/mol. The third-order valence-corrected chi connectivity index (χ3v) is 5.63. The second-order valence-corrected chi connectivity index (χ2v) is 7.49. The van der Waals surface area contributed by atoms with Crippen molar-refractivity contribution in [2.75, 3.05) is 12.8 Å². The lowest BCUT2D eigenvalue weighted by Gasteiger charge is -2.07. The number of nitrogens with two attached hydrogens (primary N) is 1. The average Bonchev–Trinajstić information content (AvgIpc) is 3.27. The summed E-state index contributed by atoms with van der Waals surface area (Å²) >= 11 is 0.666. The van der Waals surface area contributed by atoms with E-state index in [1.54, 1.807) is 24.3 Å². The number of fused-ring (bicyclic) bond motifs is 1. The Labute approximate surface area is 176 Å². The summed E-state index contributed by atoms with van der Waals surface area (Å²) in [5, 5.41) is 16.1. The molecule has 160 valence electrons. The zero-order valence-electron chi connectivity index (χ0n) is 16.0. The van der Waals surface area contributed by atoms with Crippen LogP contribution in [0.3, 0.4) is 0 Å². The number of methoxy groups -OCH3 is 1. The van der Waals surface area contributed by atoms with Crippen molar-refractivity contribution < 1.29 is 37.0 Å². The van der Waals surface area contributed by atoms with Crippen molar-refractivity contribution in [2.45, 2.75) is 13.1 Å². The third kappa shape index (κ3) is 3.44. The van der Waals surface area contributed by atoms with Crippen LogP contribution in [0.25, 0.3) is 15.9 Å². The number of aromatic nitrogens is 3. The zero-order valence-corrected chi connectivity index (χ0v) is 16.8. The summed E-state index contributed by atoms with van der Waals surface area (Å²) in [4.78, 5) is 16.6. The summed E-state index contributed by atoms with van der Waals surface area (Å²) in [7, 11) is 1.48. The second-order valence-electron chi connectivity index (χ2n) is 6.50. The molecular weight excluding hydrogens is 437 g/mol. The number of nitrogen functional groups attached to an aromatic ring is 1. The number of alkyl halides is 3. The molecule has 1 aromatic carbocycles. The van der Waals surface area contributed by atoms with Crippen LogP contribution < -0.4 is 20.3 Å². The van der Waals surface area contributed by atoms with E-state index in [2.05, 4.69) is 14.8 Å². The lowest BCUT2D eigenvalue weighted by Crippen LogP contribution is -2.39. The number of ether oxygens (including phenoxy) is 1. The predicted octanol–water partition coefficient (Wildman–Crippen LogP) is 2.78. The van der Waals surface area contributed by atoms with E-state index in [1.807, 2.05) is 0 Å². The fourth-order valence-electron chi connectivity index (χ4n) is 3.07. The zero-order chi connectivity index (χ0) is 22.5. The Bertz CT molecular complexity index is 1310. The number of pyridine rings is 1. The maximum atomic E-state index is 13.2. The van der Waals surface area contributed by atoms with Crippen LogP contribution in [0.1, 0.15) is 26.6 Å². The van der Waals surface area contributed by atoms with Gasteiger partial charge in [-0.25, -0.2) is 4.98 Å². The van der Waals surface area contributed by atoms with Crippen LogP contribution in [0, 0.1) is 6.92 Å². The normalized spacial score (nSPS) is 11.8. The number of hydrogen-bond acceptors (Lipinski definition) is 8. The number of thiophene rings is 1. The number of benzene rings is 1. The second kappa shape index (κ2) is 7.23. The molecular formula is C19H13F3N4O4S. The monoisotopic (exact) mass is 450 g/mol. The minimum atomic E-state index is -4.66. The van der Waals surface area contributed by atoms with Gasteiger partial charge in [0.25, 0.3) is 5.78 Å². The third-order valence-electron chi connectivity index (χ3n) is 4.54. The van der Waals surface area contributed by atoms with Gasteiger partial charge in [-0.15, -0.1) is 11.3 Å². The molecule has 0 fully saturated rings. The summed E-state index contributed by atoms with van der Waals surface area (Å²) in [5.74, 6) is -1.31. The Morgan fingerprint density at radius 3 is 2.58 bits per heavy atom. The van der Waals surface area contributed by atoms with Gasteiger partial charge in [0.05, 0.1) is 18.1 Å². The number of nitrogens with zero attached hydrogens (tertiary/aromatic N) is 3. The van der Waals surface area contributed by atoms with Crippen molar-refractivity contribution in [3.8, 4) is 17.4 Å². The highest BCUT2D eigenvalue weighted by Gasteiger charge is 2.36. The van der Waals surface area contributed by atoms with Gasteiger partial charge in [0, 0.05) is 17.5 Å². The van der Waals surface area contributed by atoms with E-state index in [0.29, 0.717) is 22.8 Å². The van der Waals surface area contributed by atoms with Gasteiger partial charge < -0.3 is 20.1 Å². The van der Waals surface area contributed by atoms with Crippen LogP contribution >= 0.6 is 11.3 Å². The van der Waals surface area contributed by atoms with Crippen LogP contribution in [0.15, 0.2) is 34.9 Å². The van der Waals surface area contributed by atoms with Gasteiger partial charge in [-0.05, 0) is 35.4 Å². The van der Waals surface area contributed by atoms with Crippen LogP contribution in [-0.2, 0) is 6.18 Å². The van der Waals surface area contributed by atoms with E-state index in [4.69, 9.17) is 10.5 Å². The molecule has 0 aliphatic rings. The standard InChI is InChI=1S/C19H13F3N4O4S/c1-8-7-11(19(20,21)22)24-17-12(8)13(23)16(31-17)15(27)14-18(28)30-25-26(14)9-3-5-10(29-2)6-4-9/h3-7H,1-2H3,(H2-,23,25,27,28). The summed E-state index contributed by atoms with van der Waals surface area (Å²) in [6.07, 6.45) is -4.66. The van der Waals surface area contributed by atoms with Crippen molar-refractivity contribution in [3.63, 3.8) is 0 Å². The molecule has 0 saturated heterocycles. The molecule has 4 rings (SSSR count). The maximum Gasteiger partial charge on any atom is 0.433 e. The van der Waals surface area contributed by atoms with E-state index in [0.717, 1.165) is 10.7 Å². The lowest BCUT2D eigenvalue weighted by molar-refractivity contribution is -0.672. The van der Waals surface area contributed by atoms with Gasteiger partial charge >= 0.3 is 11.9 Å². The smallest absolute Gasteiger partial charge is 0.433 e. The topological polar surface area (TPSA) is 118 Å². The molecule has 0 saturated carbocycles. The van der Waals surface area contributed by atoms with Crippen molar-refractivity contribution >= 4 is 33.0 Å². The molecule has 2 N–H and O–H groups in total. The number of carbonyl (C=O) groups is 1. The Morgan fingerprint density at radius 2 is 1.97 bits per heavy atom. The first kappa shape index (κ1) is 20.6. The first-order valence-corrected chi connectivity index (χ1v) is 9.48. The SMILES string of the molecule is COc1ccc(-[n+]2noc([O-])c2C(=O)c2sc3nc(C(F)(F)F)cc(C)c3c2N)cc1. The molecule has 3 aromatic heterocycles. The fraction of sp³-hybridized carbons (Fsp3) is 0.158.